The van der Waals surface area contributed by atoms with E-state index in [4.69, 9.17) is 17.3 Å². The van der Waals surface area contributed by atoms with Crippen molar-refractivity contribution in [2.45, 2.75) is 45.6 Å². The van der Waals surface area contributed by atoms with E-state index in [0.29, 0.717) is 22.7 Å². The van der Waals surface area contributed by atoms with Gasteiger partial charge in [-0.25, -0.2) is 0 Å². The van der Waals surface area contributed by atoms with Gasteiger partial charge in [-0.15, -0.1) is 0 Å². The highest BCUT2D eigenvalue weighted by Gasteiger charge is 2.45. The van der Waals surface area contributed by atoms with Gasteiger partial charge in [-0.3, -0.25) is 9.59 Å². The Balaban J connectivity index is 1.78. The highest BCUT2D eigenvalue weighted by atomic mass is 35.5. The van der Waals surface area contributed by atoms with Gasteiger partial charge in [0.1, 0.15) is 0 Å². The third kappa shape index (κ3) is 4.28. The first kappa shape index (κ1) is 23.1. The molecule has 1 aliphatic heterocycles. The van der Waals surface area contributed by atoms with Crippen LogP contribution < -0.4 is 11.1 Å². The van der Waals surface area contributed by atoms with E-state index in [1.54, 1.807) is 12.1 Å². The van der Waals surface area contributed by atoms with Crippen LogP contribution in [0.15, 0.2) is 60.7 Å². The highest BCUT2D eigenvalue weighted by Crippen LogP contribution is 2.47. The maximum Gasteiger partial charge on any atom is 0.235 e. The molecule has 169 valence electrons. The number of hydrogen-bond donors (Lipinski definition) is 2. The minimum Gasteiger partial charge on any atom is -0.376 e. The van der Waals surface area contributed by atoms with Crippen LogP contribution in [0.4, 0.5) is 5.69 Å². The monoisotopic (exact) mass is 459 g/mol. The number of benzene rings is 3. The van der Waals surface area contributed by atoms with Gasteiger partial charge in [0.05, 0.1) is 17.0 Å². The SMILES string of the molecule is CC(C)(C)c1ccc(-c2cccc(C3Nc4c([C]=O)cc(Cl)cc4CC3(C)C(N)=O)c2)cc1. The maximum absolute atomic E-state index is 12.7. The lowest BCUT2D eigenvalue weighted by atomic mass is 9.70. The Labute approximate surface area is 200 Å². The van der Waals surface area contributed by atoms with Crippen LogP contribution in [0.2, 0.25) is 5.02 Å². The van der Waals surface area contributed by atoms with Gasteiger partial charge in [-0.05, 0) is 64.8 Å². The van der Waals surface area contributed by atoms with Crippen LogP contribution in [0.25, 0.3) is 11.1 Å². The average molecular weight is 460 g/mol. The number of carbonyl (C=O) groups is 1. The molecular formula is C28H28ClN2O2. The predicted molar refractivity (Wildman–Crippen MR) is 134 cm³/mol. The van der Waals surface area contributed by atoms with E-state index < -0.39 is 17.4 Å². The Kier molecular flexibility index (Phi) is 5.83. The number of nitrogens with one attached hydrogen (secondary N) is 1. The molecule has 4 nitrogen and oxygen atoms in total. The zero-order valence-corrected chi connectivity index (χ0v) is 20.1. The summed E-state index contributed by atoms with van der Waals surface area (Å²) in [5, 5.41) is 3.85. The quantitative estimate of drug-likeness (QED) is 0.505. The summed E-state index contributed by atoms with van der Waals surface area (Å²) in [4.78, 5) is 24.3. The number of amides is 1. The molecule has 5 heteroatoms. The largest absolute Gasteiger partial charge is 0.376 e. The first-order valence-corrected chi connectivity index (χ1v) is 11.4. The van der Waals surface area contributed by atoms with Gasteiger partial charge in [0.25, 0.3) is 0 Å². The van der Waals surface area contributed by atoms with Crippen molar-refractivity contribution in [3.63, 3.8) is 0 Å². The highest BCUT2D eigenvalue weighted by molar-refractivity contribution is 6.31. The minimum absolute atomic E-state index is 0.0826. The second-order valence-electron chi connectivity index (χ2n) is 10.1. The minimum atomic E-state index is -0.910. The molecule has 3 aromatic carbocycles. The zero-order chi connectivity index (χ0) is 24.0. The Morgan fingerprint density at radius 1 is 1.09 bits per heavy atom. The van der Waals surface area contributed by atoms with Gasteiger partial charge in [0.15, 0.2) is 0 Å². The summed E-state index contributed by atoms with van der Waals surface area (Å²) in [5.74, 6) is -0.415. The van der Waals surface area contributed by atoms with E-state index in [1.165, 1.54) is 5.56 Å². The molecule has 0 aromatic heterocycles. The summed E-state index contributed by atoms with van der Waals surface area (Å²) < 4.78 is 0. The number of primary amides is 1. The van der Waals surface area contributed by atoms with Gasteiger partial charge >= 0.3 is 0 Å². The van der Waals surface area contributed by atoms with Gasteiger partial charge in [-0.1, -0.05) is 74.8 Å². The summed E-state index contributed by atoms with van der Waals surface area (Å²) in [5.41, 5.74) is 11.2. The molecule has 4 rings (SSSR count). The molecule has 0 spiro atoms. The molecule has 33 heavy (non-hydrogen) atoms. The second-order valence-corrected chi connectivity index (χ2v) is 10.5. The summed E-state index contributed by atoms with van der Waals surface area (Å²) in [6, 6.07) is 19.6. The summed E-state index contributed by atoms with van der Waals surface area (Å²) >= 11 is 6.19. The Hall–Kier alpha value is -3.11. The average Bonchev–Trinajstić information content (AvgIpc) is 2.77. The summed E-state index contributed by atoms with van der Waals surface area (Å²) in [6.07, 6.45) is 2.34. The molecule has 1 aliphatic rings. The van der Waals surface area contributed by atoms with E-state index in [9.17, 15) is 9.59 Å². The van der Waals surface area contributed by atoms with Crippen LogP contribution in [-0.2, 0) is 21.4 Å². The zero-order valence-electron chi connectivity index (χ0n) is 19.3. The third-order valence-corrected chi connectivity index (χ3v) is 6.86. The lowest BCUT2D eigenvalue weighted by molar-refractivity contribution is -0.127. The molecule has 2 unspecified atom stereocenters. The molecule has 0 saturated carbocycles. The topological polar surface area (TPSA) is 72.2 Å². The normalized spacial score (nSPS) is 20.0. The lowest BCUT2D eigenvalue weighted by Gasteiger charge is -2.42. The van der Waals surface area contributed by atoms with Gasteiger partial charge in [0.2, 0.25) is 12.2 Å². The van der Waals surface area contributed by atoms with Crippen molar-refractivity contribution in [3.05, 3.63) is 87.9 Å². The maximum atomic E-state index is 12.7. The number of hydrogen-bond acceptors (Lipinski definition) is 3. The van der Waals surface area contributed by atoms with Crippen LogP contribution in [-0.4, -0.2) is 12.2 Å². The fourth-order valence-electron chi connectivity index (χ4n) is 4.60. The molecule has 1 radical (unpaired) electrons. The number of carbonyl (C=O) groups excluding carboxylic acids is 2. The van der Waals surface area contributed by atoms with E-state index in [0.717, 1.165) is 22.3 Å². The van der Waals surface area contributed by atoms with Crippen molar-refractivity contribution in [1.29, 1.82) is 0 Å². The number of fused-ring (bicyclic) bond motifs is 1. The van der Waals surface area contributed by atoms with Gasteiger partial charge < -0.3 is 11.1 Å². The predicted octanol–water partition coefficient (Wildman–Crippen LogP) is 5.96. The lowest BCUT2D eigenvalue weighted by Crippen LogP contribution is -2.47. The van der Waals surface area contributed by atoms with Crippen molar-refractivity contribution in [1.82, 2.24) is 0 Å². The Morgan fingerprint density at radius 3 is 2.39 bits per heavy atom. The first-order valence-electron chi connectivity index (χ1n) is 11.0. The van der Waals surface area contributed by atoms with Crippen LogP contribution in [0.5, 0.6) is 0 Å². The van der Waals surface area contributed by atoms with E-state index >= 15 is 0 Å². The number of nitrogens with two attached hydrogens (primary N) is 1. The fourth-order valence-corrected chi connectivity index (χ4v) is 4.84. The van der Waals surface area contributed by atoms with Crippen LogP contribution in [0.3, 0.4) is 0 Å². The third-order valence-electron chi connectivity index (χ3n) is 6.65. The molecular weight excluding hydrogens is 432 g/mol. The molecule has 1 heterocycles. The van der Waals surface area contributed by atoms with E-state index in [-0.39, 0.29) is 5.41 Å². The molecule has 0 bridgehead atoms. The number of anilines is 1. The van der Waals surface area contributed by atoms with Crippen molar-refractivity contribution >= 4 is 29.5 Å². The van der Waals surface area contributed by atoms with Crippen molar-refractivity contribution in [3.8, 4) is 11.1 Å². The standard InChI is InChI=1S/C28H28ClN2O2/c1-27(2,3)22-10-8-17(9-11-22)18-6-5-7-19(12-18)25-28(4,26(30)33)15-20-13-23(29)14-21(16-32)24(20)31-25/h5-14,25,31H,15H2,1-4H3,(H2,30,33). The number of halogens is 1. The smallest absolute Gasteiger partial charge is 0.235 e. The van der Waals surface area contributed by atoms with Crippen molar-refractivity contribution in [2.75, 3.05) is 5.32 Å². The van der Waals surface area contributed by atoms with Crippen molar-refractivity contribution < 1.29 is 9.59 Å². The van der Waals surface area contributed by atoms with E-state index in [1.807, 2.05) is 25.3 Å². The molecule has 1 amide bonds. The number of rotatable bonds is 4. The molecule has 3 aromatic rings. The molecule has 0 saturated heterocycles. The summed E-state index contributed by atoms with van der Waals surface area (Å²) in [6.45, 7) is 8.43. The molecule has 0 aliphatic carbocycles. The molecule has 3 N–H and O–H groups in total. The molecule has 0 fully saturated rings. The van der Waals surface area contributed by atoms with E-state index in [2.05, 4.69) is 62.5 Å². The fraction of sp³-hybridized carbons (Fsp3) is 0.286. The van der Waals surface area contributed by atoms with Crippen molar-refractivity contribution in [2.24, 2.45) is 11.1 Å². The molecule has 2 atom stereocenters. The van der Waals surface area contributed by atoms with Gasteiger partial charge in [-0.2, -0.15) is 0 Å². The van der Waals surface area contributed by atoms with Crippen LogP contribution >= 0.6 is 11.6 Å². The van der Waals surface area contributed by atoms with Gasteiger partial charge in [0, 0.05) is 10.7 Å². The second kappa shape index (κ2) is 8.35. The Morgan fingerprint density at radius 2 is 1.79 bits per heavy atom. The van der Waals surface area contributed by atoms with Crippen LogP contribution in [0, 0.1) is 5.41 Å². The van der Waals surface area contributed by atoms with Crippen LogP contribution in [0.1, 0.15) is 56.0 Å². The first-order chi connectivity index (χ1) is 15.5. The summed E-state index contributed by atoms with van der Waals surface area (Å²) in [7, 11) is 0. The Bertz CT molecular complexity index is 1230.